The van der Waals surface area contributed by atoms with Gasteiger partial charge in [-0.25, -0.2) is 0 Å². The maximum absolute atomic E-state index is 8.43. The van der Waals surface area contributed by atoms with Crippen molar-refractivity contribution >= 4 is 6.21 Å². The normalized spacial score (nSPS) is 14.6. The Kier molecular flexibility index (Phi) is 5.51. The second-order valence-corrected chi connectivity index (χ2v) is 4.40. The fourth-order valence-corrected chi connectivity index (χ4v) is 1.48. The van der Waals surface area contributed by atoms with Crippen LogP contribution in [0, 0.1) is 5.41 Å². The fraction of sp³-hybridized carbons (Fsp3) is 0.750. The van der Waals surface area contributed by atoms with E-state index in [1.54, 1.807) is 0 Å². The minimum Gasteiger partial charge on any atom is -0.411 e. The van der Waals surface area contributed by atoms with Crippen LogP contribution in [0.15, 0.2) is 16.3 Å². The number of hydrogen-bond donors (Lipinski definition) is 1. The molecule has 0 aromatic heterocycles. The molecule has 0 aromatic carbocycles. The third-order valence-electron chi connectivity index (χ3n) is 3.32. The van der Waals surface area contributed by atoms with Gasteiger partial charge in [0.25, 0.3) is 0 Å². The van der Waals surface area contributed by atoms with E-state index in [0.29, 0.717) is 5.41 Å². The predicted octanol–water partition coefficient (Wildman–Crippen LogP) is 4.00. The second-order valence-electron chi connectivity index (χ2n) is 4.40. The first-order valence-electron chi connectivity index (χ1n) is 5.33. The van der Waals surface area contributed by atoms with Gasteiger partial charge in [-0.1, -0.05) is 44.3 Å². The largest absolute Gasteiger partial charge is 0.411 e. The molecule has 0 aliphatic carbocycles. The Morgan fingerprint density at radius 2 is 1.79 bits per heavy atom. The summed E-state index contributed by atoms with van der Waals surface area (Å²) in [6, 6.07) is 0. The SMILES string of the molecule is CCC(C)(CC)C/C(C)=C(C)\C=N\O. The molecule has 82 valence electrons. The van der Waals surface area contributed by atoms with Gasteiger partial charge < -0.3 is 5.21 Å². The lowest BCUT2D eigenvalue weighted by Gasteiger charge is -2.27. The topological polar surface area (TPSA) is 32.6 Å². The summed E-state index contributed by atoms with van der Waals surface area (Å²) in [6.07, 6.45) is 4.97. The average molecular weight is 197 g/mol. The van der Waals surface area contributed by atoms with Gasteiger partial charge in [-0.2, -0.15) is 0 Å². The van der Waals surface area contributed by atoms with Gasteiger partial charge in [0.1, 0.15) is 0 Å². The van der Waals surface area contributed by atoms with Gasteiger partial charge in [-0.15, -0.1) is 0 Å². The molecular formula is C12H23NO. The summed E-state index contributed by atoms with van der Waals surface area (Å²) in [4.78, 5) is 0. The van der Waals surface area contributed by atoms with Gasteiger partial charge in [0.2, 0.25) is 0 Å². The van der Waals surface area contributed by atoms with Crippen LogP contribution in [0.5, 0.6) is 0 Å². The Balaban J connectivity index is 4.58. The highest BCUT2D eigenvalue weighted by atomic mass is 16.4. The molecule has 0 fully saturated rings. The van der Waals surface area contributed by atoms with E-state index in [4.69, 9.17) is 5.21 Å². The lowest BCUT2D eigenvalue weighted by atomic mass is 9.78. The molecular weight excluding hydrogens is 174 g/mol. The zero-order valence-electron chi connectivity index (χ0n) is 10.1. The first kappa shape index (κ1) is 13.2. The zero-order chi connectivity index (χ0) is 11.2. The van der Waals surface area contributed by atoms with E-state index in [9.17, 15) is 0 Å². The number of oxime groups is 1. The summed E-state index contributed by atoms with van der Waals surface area (Å²) >= 11 is 0. The van der Waals surface area contributed by atoms with Gasteiger partial charge in [-0.05, 0) is 31.3 Å². The molecule has 2 heteroatoms. The van der Waals surface area contributed by atoms with E-state index in [1.807, 2.05) is 6.92 Å². The van der Waals surface area contributed by atoms with Crippen molar-refractivity contribution in [2.45, 2.75) is 53.9 Å². The first-order valence-corrected chi connectivity index (χ1v) is 5.33. The molecule has 0 saturated carbocycles. The van der Waals surface area contributed by atoms with Crippen LogP contribution < -0.4 is 0 Å². The van der Waals surface area contributed by atoms with Crippen molar-refractivity contribution in [1.82, 2.24) is 0 Å². The molecule has 0 rings (SSSR count). The van der Waals surface area contributed by atoms with Crippen molar-refractivity contribution in [3.05, 3.63) is 11.1 Å². The standard InChI is InChI=1S/C12H23NO/c1-6-12(5,7-2)8-10(3)11(4)9-13-14/h9,14H,6-8H2,1-5H3/b11-10-,13-9+. The lowest BCUT2D eigenvalue weighted by molar-refractivity contribution is 0.294. The molecule has 0 bridgehead atoms. The molecule has 2 nitrogen and oxygen atoms in total. The van der Waals surface area contributed by atoms with Crippen molar-refractivity contribution in [3.8, 4) is 0 Å². The van der Waals surface area contributed by atoms with Crippen LogP contribution in [0.4, 0.5) is 0 Å². The van der Waals surface area contributed by atoms with Crippen molar-refractivity contribution in [2.75, 3.05) is 0 Å². The van der Waals surface area contributed by atoms with Gasteiger partial charge in [-0.3, -0.25) is 0 Å². The Morgan fingerprint density at radius 3 is 2.14 bits per heavy atom. The molecule has 0 saturated heterocycles. The van der Waals surface area contributed by atoms with Crippen LogP contribution in [0.1, 0.15) is 53.9 Å². The summed E-state index contributed by atoms with van der Waals surface area (Å²) in [5, 5.41) is 11.5. The Hall–Kier alpha value is -0.790. The lowest BCUT2D eigenvalue weighted by Crippen LogP contribution is -2.14. The van der Waals surface area contributed by atoms with Crippen molar-refractivity contribution in [2.24, 2.45) is 10.6 Å². The van der Waals surface area contributed by atoms with Gasteiger partial charge in [0, 0.05) is 0 Å². The maximum Gasteiger partial charge on any atom is 0.0690 e. The Bertz CT molecular complexity index is 224. The Morgan fingerprint density at radius 1 is 1.29 bits per heavy atom. The third kappa shape index (κ3) is 3.95. The van der Waals surface area contributed by atoms with Gasteiger partial charge in [0.05, 0.1) is 6.21 Å². The minimum atomic E-state index is 0.384. The van der Waals surface area contributed by atoms with Crippen LogP contribution in [0.3, 0.4) is 0 Å². The summed E-state index contributed by atoms with van der Waals surface area (Å²) in [7, 11) is 0. The van der Waals surface area contributed by atoms with Crippen LogP contribution in [-0.2, 0) is 0 Å². The smallest absolute Gasteiger partial charge is 0.0690 e. The van der Waals surface area contributed by atoms with E-state index >= 15 is 0 Å². The van der Waals surface area contributed by atoms with Crippen LogP contribution in [-0.4, -0.2) is 11.4 Å². The van der Waals surface area contributed by atoms with E-state index < -0.39 is 0 Å². The minimum absolute atomic E-state index is 0.384. The molecule has 0 amide bonds. The monoisotopic (exact) mass is 197 g/mol. The molecule has 0 unspecified atom stereocenters. The molecule has 0 radical (unpaired) electrons. The van der Waals surface area contributed by atoms with Crippen LogP contribution >= 0.6 is 0 Å². The third-order valence-corrected chi connectivity index (χ3v) is 3.32. The van der Waals surface area contributed by atoms with Gasteiger partial charge >= 0.3 is 0 Å². The van der Waals surface area contributed by atoms with E-state index in [1.165, 1.54) is 24.6 Å². The van der Waals surface area contributed by atoms with Crippen LogP contribution in [0.2, 0.25) is 0 Å². The molecule has 0 heterocycles. The number of allylic oxidation sites excluding steroid dienone is 2. The summed E-state index contributed by atoms with van der Waals surface area (Å²) in [5.41, 5.74) is 2.77. The quantitative estimate of drug-likeness (QED) is 0.403. The molecule has 0 atom stereocenters. The van der Waals surface area contributed by atoms with E-state index in [2.05, 4.69) is 32.9 Å². The second kappa shape index (κ2) is 5.84. The summed E-state index contributed by atoms with van der Waals surface area (Å²) < 4.78 is 0. The molecule has 0 aliphatic heterocycles. The highest BCUT2D eigenvalue weighted by molar-refractivity contribution is 5.78. The van der Waals surface area contributed by atoms with Crippen molar-refractivity contribution < 1.29 is 5.21 Å². The molecule has 0 spiro atoms. The highest BCUT2D eigenvalue weighted by Gasteiger charge is 2.20. The average Bonchev–Trinajstić information content (AvgIpc) is 2.18. The first-order chi connectivity index (χ1) is 6.49. The molecule has 14 heavy (non-hydrogen) atoms. The van der Waals surface area contributed by atoms with E-state index in [0.717, 1.165) is 12.0 Å². The van der Waals surface area contributed by atoms with Crippen LogP contribution in [0.25, 0.3) is 0 Å². The zero-order valence-corrected chi connectivity index (χ0v) is 10.1. The fourth-order valence-electron chi connectivity index (χ4n) is 1.48. The highest BCUT2D eigenvalue weighted by Crippen LogP contribution is 2.33. The number of hydrogen-bond acceptors (Lipinski definition) is 2. The number of rotatable bonds is 5. The Labute approximate surface area is 87.7 Å². The predicted molar refractivity (Wildman–Crippen MR) is 62.0 cm³/mol. The molecule has 1 N–H and O–H groups in total. The van der Waals surface area contributed by atoms with Crippen molar-refractivity contribution in [3.63, 3.8) is 0 Å². The molecule has 0 aromatic rings. The van der Waals surface area contributed by atoms with E-state index in [-0.39, 0.29) is 0 Å². The van der Waals surface area contributed by atoms with Crippen molar-refractivity contribution in [1.29, 1.82) is 0 Å². The maximum atomic E-state index is 8.43. The summed E-state index contributed by atoms with van der Waals surface area (Å²) in [5.74, 6) is 0. The van der Waals surface area contributed by atoms with Gasteiger partial charge in [0.15, 0.2) is 0 Å². The summed E-state index contributed by atoms with van der Waals surface area (Å²) in [6.45, 7) is 10.9. The number of nitrogens with zero attached hydrogens (tertiary/aromatic N) is 1. The molecule has 0 aliphatic rings.